The molecule has 0 saturated carbocycles. The fourth-order valence-electron chi connectivity index (χ4n) is 2.02. The lowest BCUT2D eigenvalue weighted by Gasteiger charge is -2.25. The zero-order chi connectivity index (χ0) is 12.3. The zero-order valence-electron chi connectivity index (χ0n) is 9.85. The Morgan fingerprint density at radius 2 is 1.88 bits per heavy atom. The fraction of sp³-hybridized carbons (Fsp3) is 0.500. The van der Waals surface area contributed by atoms with Crippen LogP contribution in [0.4, 0.5) is 5.69 Å². The molecular formula is C12H17NO2S2. The van der Waals surface area contributed by atoms with E-state index in [1.807, 2.05) is 18.4 Å². The molecule has 0 aliphatic carbocycles. The van der Waals surface area contributed by atoms with Crippen molar-refractivity contribution in [3.8, 4) is 0 Å². The van der Waals surface area contributed by atoms with Crippen molar-refractivity contribution in [3.05, 3.63) is 24.3 Å². The summed E-state index contributed by atoms with van der Waals surface area (Å²) >= 11 is 1.70. The molecular weight excluding hydrogens is 254 g/mol. The zero-order valence-corrected chi connectivity index (χ0v) is 11.5. The fourth-order valence-corrected chi connectivity index (χ4v) is 4.07. The number of benzene rings is 1. The van der Waals surface area contributed by atoms with E-state index in [0.717, 1.165) is 5.69 Å². The van der Waals surface area contributed by atoms with Gasteiger partial charge >= 0.3 is 0 Å². The maximum absolute atomic E-state index is 11.3. The van der Waals surface area contributed by atoms with Gasteiger partial charge in [-0.05, 0) is 31.2 Å². The first-order valence-electron chi connectivity index (χ1n) is 5.71. The van der Waals surface area contributed by atoms with Gasteiger partial charge in [0.2, 0.25) is 0 Å². The number of rotatable bonds is 3. The van der Waals surface area contributed by atoms with Crippen molar-refractivity contribution >= 4 is 27.3 Å². The maximum Gasteiger partial charge on any atom is 0.150 e. The highest BCUT2D eigenvalue weighted by Crippen LogP contribution is 2.27. The Balaban J connectivity index is 2.02. The average Bonchev–Trinajstić information content (AvgIpc) is 2.32. The van der Waals surface area contributed by atoms with Crippen LogP contribution in [0.15, 0.2) is 29.2 Å². The summed E-state index contributed by atoms with van der Waals surface area (Å²) in [6.07, 6.45) is 3.47. The van der Waals surface area contributed by atoms with E-state index < -0.39 is 9.84 Å². The molecule has 2 rings (SSSR count). The summed E-state index contributed by atoms with van der Waals surface area (Å²) in [6.45, 7) is 0. The summed E-state index contributed by atoms with van der Waals surface area (Å²) in [4.78, 5) is 1.21. The number of thioether (sulfide) groups is 1. The van der Waals surface area contributed by atoms with E-state index in [1.165, 1.54) is 4.90 Å². The smallest absolute Gasteiger partial charge is 0.150 e. The van der Waals surface area contributed by atoms with E-state index in [-0.39, 0.29) is 6.04 Å². The summed E-state index contributed by atoms with van der Waals surface area (Å²) in [5.41, 5.74) is 1.12. The normalized spacial score (nSPS) is 20.1. The lowest BCUT2D eigenvalue weighted by Crippen LogP contribution is -2.32. The van der Waals surface area contributed by atoms with Gasteiger partial charge in [0, 0.05) is 16.6 Å². The standard InChI is InChI=1S/C12H17NO2S2/c1-16-12-5-3-2-4-11(12)13-10-6-8-17(14,15)9-7-10/h2-5,10,13H,6-9H2,1H3. The van der Waals surface area contributed by atoms with Crippen LogP contribution in [-0.4, -0.2) is 32.2 Å². The molecule has 1 N–H and O–H groups in total. The summed E-state index contributed by atoms with van der Waals surface area (Å²) in [7, 11) is -2.77. The minimum absolute atomic E-state index is 0.284. The third-order valence-electron chi connectivity index (χ3n) is 3.02. The van der Waals surface area contributed by atoms with E-state index in [1.54, 1.807) is 11.8 Å². The molecule has 0 bridgehead atoms. The van der Waals surface area contributed by atoms with E-state index >= 15 is 0 Å². The van der Waals surface area contributed by atoms with Crippen molar-refractivity contribution in [1.29, 1.82) is 0 Å². The Labute approximate surface area is 107 Å². The van der Waals surface area contributed by atoms with Gasteiger partial charge in [-0.3, -0.25) is 0 Å². The highest BCUT2D eigenvalue weighted by molar-refractivity contribution is 7.98. The van der Waals surface area contributed by atoms with Crippen molar-refractivity contribution in [3.63, 3.8) is 0 Å². The lowest BCUT2D eigenvalue weighted by atomic mass is 10.1. The topological polar surface area (TPSA) is 46.2 Å². The van der Waals surface area contributed by atoms with E-state index in [9.17, 15) is 8.42 Å². The molecule has 94 valence electrons. The predicted octanol–water partition coefficient (Wildman–Crippen LogP) is 2.40. The van der Waals surface area contributed by atoms with Gasteiger partial charge in [-0.2, -0.15) is 0 Å². The average molecular weight is 271 g/mol. The predicted molar refractivity (Wildman–Crippen MR) is 73.5 cm³/mol. The van der Waals surface area contributed by atoms with Crippen LogP contribution < -0.4 is 5.32 Å². The van der Waals surface area contributed by atoms with E-state index in [4.69, 9.17) is 0 Å². The Morgan fingerprint density at radius 1 is 1.24 bits per heavy atom. The van der Waals surface area contributed by atoms with Crippen molar-refractivity contribution in [1.82, 2.24) is 0 Å². The second-order valence-corrected chi connectivity index (χ2v) is 7.42. The van der Waals surface area contributed by atoms with Gasteiger partial charge in [0.15, 0.2) is 0 Å². The quantitative estimate of drug-likeness (QED) is 0.858. The third kappa shape index (κ3) is 3.39. The first-order valence-corrected chi connectivity index (χ1v) is 8.75. The van der Waals surface area contributed by atoms with Gasteiger partial charge in [-0.1, -0.05) is 12.1 Å². The highest BCUT2D eigenvalue weighted by atomic mass is 32.2. The highest BCUT2D eigenvalue weighted by Gasteiger charge is 2.23. The number of nitrogens with one attached hydrogen (secondary N) is 1. The molecule has 1 aliphatic heterocycles. The van der Waals surface area contributed by atoms with Gasteiger partial charge in [0.05, 0.1) is 11.5 Å². The van der Waals surface area contributed by atoms with E-state index in [0.29, 0.717) is 24.3 Å². The van der Waals surface area contributed by atoms with Gasteiger partial charge in [0.25, 0.3) is 0 Å². The Bertz CT molecular complexity index is 471. The number of hydrogen-bond acceptors (Lipinski definition) is 4. The van der Waals surface area contributed by atoms with Crippen LogP contribution in [0.5, 0.6) is 0 Å². The first-order chi connectivity index (χ1) is 8.11. The molecule has 0 atom stereocenters. The molecule has 17 heavy (non-hydrogen) atoms. The maximum atomic E-state index is 11.3. The van der Waals surface area contributed by atoms with Crippen LogP contribution in [0, 0.1) is 0 Å². The van der Waals surface area contributed by atoms with Crippen LogP contribution in [0.25, 0.3) is 0 Å². The summed E-state index contributed by atoms with van der Waals surface area (Å²) in [6, 6.07) is 8.43. The largest absolute Gasteiger partial charge is 0.381 e. The molecule has 0 spiro atoms. The molecule has 0 unspecified atom stereocenters. The summed E-state index contributed by atoms with van der Waals surface area (Å²) in [5, 5.41) is 3.45. The van der Waals surface area contributed by atoms with Crippen molar-refractivity contribution in [2.75, 3.05) is 23.1 Å². The number of sulfone groups is 1. The molecule has 3 nitrogen and oxygen atoms in total. The Kier molecular flexibility index (Phi) is 3.99. The van der Waals surface area contributed by atoms with Crippen LogP contribution in [0.3, 0.4) is 0 Å². The van der Waals surface area contributed by atoms with Gasteiger partial charge in [-0.25, -0.2) is 8.42 Å². The Hall–Kier alpha value is -0.680. The van der Waals surface area contributed by atoms with Crippen LogP contribution >= 0.6 is 11.8 Å². The molecule has 0 radical (unpaired) electrons. The molecule has 0 amide bonds. The second-order valence-electron chi connectivity index (χ2n) is 4.27. The minimum atomic E-state index is -2.77. The SMILES string of the molecule is CSc1ccccc1NC1CCS(=O)(=O)CC1. The van der Waals surface area contributed by atoms with Crippen molar-refractivity contribution in [2.24, 2.45) is 0 Å². The van der Waals surface area contributed by atoms with Crippen LogP contribution in [-0.2, 0) is 9.84 Å². The third-order valence-corrected chi connectivity index (χ3v) is 5.53. The molecule has 1 saturated heterocycles. The number of para-hydroxylation sites is 1. The van der Waals surface area contributed by atoms with Gasteiger partial charge < -0.3 is 5.32 Å². The summed E-state index contributed by atoms with van der Waals surface area (Å²) < 4.78 is 22.7. The van der Waals surface area contributed by atoms with Gasteiger partial charge in [0.1, 0.15) is 9.84 Å². The number of anilines is 1. The Morgan fingerprint density at radius 3 is 2.53 bits per heavy atom. The summed E-state index contributed by atoms with van der Waals surface area (Å²) in [5.74, 6) is 0.623. The molecule has 1 aromatic carbocycles. The van der Waals surface area contributed by atoms with Crippen LogP contribution in [0.2, 0.25) is 0 Å². The first kappa shape index (κ1) is 12.8. The molecule has 1 aromatic rings. The van der Waals surface area contributed by atoms with Gasteiger partial charge in [-0.15, -0.1) is 11.8 Å². The lowest BCUT2D eigenvalue weighted by molar-refractivity contribution is 0.559. The molecule has 1 aliphatic rings. The molecule has 0 aromatic heterocycles. The minimum Gasteiger partial charge on any atom is -0.381 e. The van der Waals surface area contributed by atoms with Crippen LogP contribution in [0.1, 0.15) is 12.8 Å². The monoisotopic (exact) mass is 271 g/mol. The van der Waals surface area contributed by atoms with Crippen molar-refractivity contribution in [2.45, 2.75) is 23.8 Å². The molecule has 1 fully saturated rings. The van der Waals surface area contributed by atoms with E-state index in [2.05, 4.69) is 17.4 Å². The number of hydrogen-bond donors (Lipinski definition) is 1. The second kappa shape index (κ2) is 5.31. The molecule has 1 heterocycles. The molecule has 5 heteroatoms. The van der Waals surface area contributed by atoms with Crippen molar-refractivity contribution < 1.29 is 8.42 Å².